The number of aromatic nitrogens is 5. The van der Waals surface area contributed by atoms with Crippen LogP contribution in [0.5, 0.6) is 0 Å². The van der Waals surface area contributed by atoms with Gasteiger partial charge in [-0.15, -0.1) is 5.10 Å². The van der Waals surface area contributed by atoms with E-state index in [2.05, 4.69) is 31.5 Å². The fourth-order valence-corrected chi connectivity index (χ4v) is 4.79. The van der Waals surface area contributed by atoms with E-state index in [9.17, 15) is 14.7 Å². The van der Waals surface area contributed by atoms with Crippen molar-refractivity contribution in [2.75, 3.05) is 0 Å². The second-order valence-corrected chi connectivity index (χ2v) is 8.03. The van der Waals surface area contributed by atoms with E-state index in [1.165, 1.54) is 17.0 Å². The lowest BCUT2D eigenvalue weighted by atomic mass is 9.77. The summed E-state index contributed by atoms with van der Waals surface area (Å²) in [4.78, 5) is 24.3. The highest BCUT2D eigenvalue weighted by Gasteiger charge is 2.40. The zero-order valence-corrected chi connectivity index (χ0v) is 16.6. The molecule has 0 fully saturated rings. The molecule has 1 unspecified atom stereocenters. The van der Waals surface area contributed by atoms with Crippen LogP contribution in [0.3, 0.4) is 0 Å². The van der Waals surface area contributed by atoms with Gasteiger partial charge >= 0.3 is 5.97 Å². The number of carboxylic acids is 1. The molecule has 4 rings (SSSR count). The van der Waals surface area contributed by atoms with Crippen molar-refractivity contribution in [3.8, 4) is 0 Å². The molecule has 0 saturated carbocycles. The molecular weight excluding hydrogens is 438 g/mol. The molecule has 1 N–H and O–H groups in total. The summed E-state index contributed by atoms with van der Waals surface area (Å²) in [7, 11) is 0. The number of nitrogens with zero attached hydrogens (tertiary/aromatic N) is 5. The summed E-state index contributed by atoms with van der Waals surface area (Å²) in [6, 6.07) is 0.635. The number of halogens is 2. The smallest absolute Gasteiger partial charge is 0.326 e. The number of hydrogen-bond acceptors (Lipinski definition) is 5. The second kappa shape index (κ2) is 6.42. The van der Waals surface area contributed by atoms with Gasteiger partial charge in [0.25, 0.3) is 5.56 Å². The van der Waals surface area contributed by atoms with Gasteiger partial charge in [0.2, 0.25) is 0 Å². The number of tetrazole rings is 1. The topological polar surface area (TPSA) is 103 Å². The average molecular weight is 453 g/mol. The van der Waals surface area contributed by atoms with Gasteiger partial charge in [-0.3, -0.25) is 9.36 Å². The summed E-state index contributed by atoms with van der Waals surface area (Å²) < 4.78 is 3.69. The van der Waals surface area contributed by atoms with Crippen molar-refractivity contribution >= 4 is 33.5 Å². The fraction of sp³-hybridized carbons (Fsp3) is 0.353. The van der Waals surface area contributed by atoms with Crippen LogP contribution in [0.2, 0.25) is 0 Å². The minimum Gasteiger partial charge on any atom is -0.480 e. The van der Waals surface area contributed by atoms with Crippen molar-refractivity contribution in [2.45, 2.75) is 37.3 Å². The van der Waals surface area contributed by atoms with E-state index in [1.54, 1.807) is 10.8 Å². The Morgan fingerprint density at radius 2 is 2.26 bits per heavy atom. The number of carbonyl (C=O) groups is 1. The van der Waals surface area contributed by atoms with Crippen LogP contribution in [0.15, 0.2) is 44.9 Å². The van der Waals surface area contributed by atoms with E-state index in [0.717, 1.165) is 5.56 Å². The monoisotopic (exact) mass is 451 g/mol. The highest BCUT2D eigenvalue weighted by Crippen LogP contribution is 2.44. The lowest BCUT2D eigenvalue weighted by Crippen LogP contribution is -2.38. The molecule has 8 nitrogen and oxygen atoms in total. The van der Waals surface area contributed by atoms with Crippen LogP contribution in [0.25, 0.3) is 0 Å². The van der Waals surface area contributed by atoms with Crippen molar-refractivity contribution < 1.29 is 9.90 Å². The highest BCUT2D eigenvalue weighted by atomic mass is 79.9. The maximum Gasteiger partial charge on any atom is 0.326 e. The number of pyridine rings is 1. The van der Waals surface area contributed by atoms with Crippen LogP contribution >= 0.6 is 27.5 Å². The standard InChI is InChI=1S/C17H15BrClN5O3/c1-17(23-8-20-21-22-23)5-4-9(19)6-11(17)10-7-14(25)24-12(15(10)18)2-3-13(24)16(26)27/h4-8,11,13H,2-3H2,1H3,(H,26,27)/t11-,13+,17?/m1/s1. The zero-order chi connectivity index (χ0) is 19.3. The van der Waals surface area contributed by atoms with Crippen LogP contribution in [0.1, 0.15) is 36.6 Å². The highest BCUT2D eigenvalue weighted by molar-refractivity contribution is 9.10. The third-order valence-corrected chi connectivity index (χ3v) is 6.45. The second-order valence-electron chi connectivity index (χ2n) is 6.80. The van der Waals surface area contributed by atoms with Gasteiger partial charge in [0.1, 0.15) is 12.4 Å². The minimum atomic E-state index is -1.00. The molecule has 0 spiro atoms. The van der Waals surface area contributed by atoms with Crippen LogP contribution in [-0.4, -0.2) is 35.9 Å². The van der Waals surface area contributed by atoms with Gasteiger partial charge in [0, 0.05) is 27.2 Å². The first-order valence-electron chi connectivity index (χ1n) is 8.29. The Morgan fingerprint density at radius 3 is 2.93 bits per heavy atom. The summed E-state index contributed by atoms with van der Waals surface area (Å²) in [6.45, 7) is 1.95. The summed E-state index contributed by atoms with van der Waals surface area (Å²) in [5, 5.41) is 21.4. The molecule has 27 heavy (non-hydrogen) atoms. The number of aliphatic carboxylic acids is 1. The summed E-state index contributed by atoms with van der Waals surface area (Å²) in [6.07, 6.45) is 7.92. The predicted octanol–water partition coefficient (Wildman–Crippen LogP) is 2.36. The van der Waals surface area contributed by atoms with Crippen LogP contribution in [0, 0.1) is 0 Å². The molecule has 2 aromatic rings. The summed E-state index contributed by atoms with van der Waals surface area (Å²) in [5.41, 5.74) is 0.382. The van der Waals surface area contributed by atoms with E-state index in [-0.39, 0.29) is 11.5 Å². The normalized spacial score (nSPS) is 26.7. The Hall–Kier alpha value is -2.26. The average Bonchev–Trinajstić information content (AvgIpc) is 3.30. The van der Waals surface area contributed by atoms with Gasteiger partial charge in [-0.2, -0.15) is 0 Å². The van der Waals surface area contributed by atoms with Crippen molar-refractivity contribution in [1.29, 1.82) is 0 Å². The van der Waals surface area contributed by atoms with E-state index in [1.807, 2.05) is 19.1 Å². The summed E-state index contributed by atoms with van der Waals surface area (Å²) >= 11 is 9.86. The first-order valence-corrected chi connectivity index (χ1v) is 9.46. The van der Waals surface area contributed by atoms with Crippen molar-refractivity contribution in [3.63, 3.8) is 0 Å². The lowest BCUT2D eigenvalue weighted by molar-refractivity contribution is -0.140. The molecule has 1 aliphatic heterocycles. The Bertz CT molecular complexity index is 1050. The quantitative estimate of drug-likeness (QED) is 0.767. The number of hydrogen-bond donors (Lipinski definition) is 1. The molecule has 1 aliphatic carbocycles. The third kappa shape index (κ3) is 2.76. The van der Waals surface area contributed by atoms with E-state index in [0.29, 0.717) is 28.0 Å². The number of carboxylic acid groups (broad SMARTS) is 1. The Labute approximate surface area is 167 Å². The molecule has 3 heterocycles. The molecule has 0 saturated heterocycles. The first-order chi connectivity index (χ1) is 12.8. The van der Waals surface area contributed by atoms with Crippen LogP contribution in [0.4, 0.5) is 0 Å². The zero-order valence-electron chi connectivity index (χ0n) is 14.2. The van der Waals surface area contributed by atoms with Crippen molar-refractivity contribution in [1.82, 2.24) is 24.8 Å². The molecule has 3 atom stereocenters. The Morgan fingerprint density at radius 1 is 1.48 bits per heavy atom. The van der Waals surface area contributed by atoms with Gasteiger partial charge in [-0.1, -0.05) is 23.8 Å². The maximum atomic E-state index is 12.8. The van der Waals surface area contributed by atoms with E-state index >= 15 is 0 Å². The molecular formula is C17H15BrClN5O3. The minimum absolute atomic E-state index is 0.324. The molecule has 2 aliphatic rings. The summed E-state index contributed by atoms with van der Waals surface area (Å²) in [5.74, 6) is -1.33. The predicted molar refractivity (Wildman–Crippen MR) is 101 cm³/mol. The molecule has 140 valence electrons. The number of fused-ring (bicyclic) bond motifs is 1. The van der Waals surface area contributed by atoms with E-state index in [4.69, 9.17) is 11.6 Å². The molecule has 2 aromatic heterocycles. The third-order valence-electron chi connectivity index (χ3n) is 5.28. The van der Waals surface area contributed by atoms with Gasteiger partial charge in [0.05, 0.1) is 5.54 Å². The molecule has 0 aromatic carbocycles. The van der Waals surface area contributed by atoms with Crippen LogP contribution < -0.4 is 5.56 Å². The maximum absolute atomic E-state index is 12.8. The fourth-order valence-electron chi connectivity index (χ4n) is 3.85. The molecule has 0 radical (unpaired) electrons. The molecule has 0 bridgehead atoms. The van der Waals surface area contributed by atoms with Crippen molar-refractivity contribution in [3.05, 3.63) is 61.7 Å². The van der Waals surface area contributed by atoms with Gasteiger partial charge in [0.15, 0.2) is 0 Å². The largest absolute Gasteiger partial charge is 0.480 e. The van der Waals surface area contributed by atoms with Gasteiger partial charge < -0.3 is 5.11 Å². The lowest BCUT2D eigenvalue weighted by Gasteiger charge is -2.36. The SMILES string of the molecule is CC1(n2cnnn2)C=CC(Cl)=C[C@@H]1c1cc(=O)n2c(c1Br)CC[C@H]2C(=O)O. The van der Waals surface area contributed by atoms with Crippen molar-refractivity contribution in [2.24, 2.45) is 0 Å². The van der Waals surface area contributed by atoms with E-state index < -0.39 is 17.6 Å². The van der Waals surface area contributed by atoms with Gasteiger partial charge in [-0.25, -0.2) is 9.48 Å². The molecule has 10 heteroatoms. The number of allylic oxidation sites excluding steroid dienone is 4. The molecule has 0 amide bonds. The first kappa shape index (κ1) is 18.1. The Kier molecular flexibility index (Phi) is 4.31. The van der Waals surface area contributed by atoms with Crippen LogP contribution in [-0.2, 0) is 16.8 Å². The van der Waals surface area contributed by atoms with Gasteiger partial charge in [-0.05, 0) is 57.8 Å². The number of rotatable bonds is 3. The Balaban J connectivity index is 1.90.